The van der Waals surface area contributed by atoms with Crippen LogP contribution in [-0.2, 0) is 0 Å². The van der Waals surface area contributed by atoms with Crippen LogP contribution >= 0.6 is 23.1 Å². The number of fused-ring (bicyclic) bond motifs is 2. The van der Waals surface area contributed by atoms with Crippen LogP contribution in [0.2, 0.25) is 0 Å². The Bertz CT molecular complexity index is 984. The number of rotatable bonds is 1. The Morgan fingerprint density at radius 1 is 1.35 bits per heavy atom. The van der Waals surface area contributed by atoms with Crippen LogP contribution in [0.1, 0.15) is 26.6 Å². The summed E-state index contributed by atoms with van der Waals surface area (Å²) in [6.45, 7) is 3.97. The normalized spacial score (nSPS) is 16.3. The van der Waals surface area contributed by atoms with E-state index in [9.17, 15) is 9.18 Å². The molecular formula is C17H13FN2OS2. The molecule has 2 aromatic heterocycles. The van der Waals surface area contributed by atoms with Gasteiger partial charge in [-0.05, 0) is 38.1 Å². The topological polar surface area (TPSA) is 34.4 Å². The molecule has 3 aromatic rings. The molecule has 3 nitrogen and oxygen atoms in total. The molecule has 6 heteroatoms. The fraction of sp³-hybridized carbons (Fsp3) is 0.176. The molecule has 0 amide bonds. The lowest BCUT2D eigenvalue weighted by Crippen LogP contribution is -2.13. The van der Waals surface area contributed by atoms with Crippen molar-refractivity contribution in [2.45, 2.75) is 18.7 Å². The zero-order valence-electron chi connectivity index (χ0n) is 12.6. The molecule has 0 fully saturated rings. The van der Waals surface area contributed by atoms with Gasteiger partial charge in [0.15, 0.2) is 10.7 Å². The lowest BCUT2D eigenvalue weighted by atomic mass is 10.0. The predicted octanol–water partition coefficient (Wildman–Crippen LogP) is 4.52. The Hall–Kier alpha value is -1.92. The van der Waals surface area contributed by atoms with E-state index in [2.05, 4.69) is 4.98 Å². The minimum Gasteiger partial charge on any atom is -0.290 e. The van der Waals surface area contributed by atoms with Gasteiger partial charge in [0.05, 0.1) is 11.4 Å². The first kappa shape index (κ1) is 14.7. The minimum atomic E-state index is -0.379. The number of carbonyl (C=O) groups is 1. The highest BCUT2D eigenvalue weighted by Crippen LogP contribution is 2.34. The third-order valence-corrected chi connectivity index (χ3v) is 5.86. The number of ketones is 1. The summed E-state index contributed by atoms with van der Waals surface area (Å²) in [5.74, 6) is 0.114. The SMILES string of the molecule is Cc1cn2c(C=C3CSc4ccc(F)cc4C3=O)c(C)nc2s1. The summed E-state index contributed by atoms with van der Waals surface area (Å²) in [6.07, 6.45) is 3.92. The number of Topliss-reactive ketones (excluding diaryl/α,β-unsaturated/α-hetero) is 1. The average molecular weight is 344 g/mol. The molecule has 23 heavy (non-hydrogen) atoms. The average Bonchev–Trinajstić information content (AvgIpc) is 2.99. The van der Waals surface area contributed by atoms with Gasteiger partial charge in [-0.2, -0.15) is 0 Å². The Labute approximate surface area is 140 Å². The first-order chi connectivity index (χ1) is 11.0. The van der Waals surface area contributed by atoms with Gasteiger partial charge < -0.3 is 0 Å². The Morgan fingerprint density at radius 2 is 2.17 bits per heavy atom. The molecule has 3 heterocycles. The van der Waals surface area contributed by atoms with Crippen LogP contribution in [-0.4, -0.2) is 20.9 Å². The molecule has 1 aliphatic heterocycles. The second kappa shape index (κ2) is 5.32. The number of imidazole rings is 1. The number of halogens is 1. The largest absolute Gasteiger partial charge is 0.290 e. The fourth-order valence-corrected chi connectivity index (χ4v) is 4.60. The van der Waals surface area contributed by atoms with Gasteiger partial charge in [0.1, 0.15) is 5.82 Å². The van der Waals surface area contributed by atoms with Gasteiger partial charge in [-0.1, -0.05) is 0 Å². The smallest absolute Gasteiger partial charge is 0.194 e. The van der Waals surface area contributed by atoms with Gasteiger partial charge in [0.25, 0.3) is 0 Å². The van der Waals surface area contributed by atoms with Crippen LogP contribution < -0.4 is 0 Å². The van der Waals surface area contributed by atoms with Gasteiger partial charge >= 0.3 is 0 Å². The third kappa shape index (κ3) is 2.42. The molecule has 0 atom stereocenters. The lowest BCUT2D eigenvalue weighted by molar-refractivity contribution is 0.103. The molecule has 1 aliphatic rings. The van der Waals surface area contributed by atoms with E-state index in [1.807, 2.05) is 30.5 Å². The van der Waals surface area contributed by atoms with Crippen molar-refractivity contribution in [2.24, 2.45) is 0 Å². The maximum atomic E-state index is 13.5. The predicted molar refractivity (Wildman–Crippen MR) is 92.0 cm³/mol. The number of aryl methyl sites for hydroxylation is 2. The molecule has 0 aliphatic carbocycles. The van der Waals surface area contributed by atoms with Crippen LogP contribution in [0.4, 0.5) is 4.39 Å². The summed E-state index contributed by atoms with van der Waals surface area (Å²) in [5, 5.41) is 0. The molecule has 0 saturated heterocycles. The number of benzene rings is 1. The zero-order valence-corrected chi connectivity index (χ0v) is 14.2. The first-order valence-electron chi connectivity index (χ1n) is 7.15. The van der Waals surface area contributed by atoms with Crippen LogP contribution in [0.25, 0.3) is 11.0 Å². The zero-order chi connectivity index (χ0) is 16.1. The molecule has 1 aromatic carbocycles. The number of thiazole rings is 1. The highest BCUT2D eigenvalue weighted by Gasteiger charge is 2.24. The quantitative estimate of drug-likeness (QED) is 0.609. The van der Waals surface area contributed by atoms with Crippen molar-refractivity contribution in [3.63, 3.8) is 0 Å². The van der Waals surface area contributed by atoms with E-state index in [1.54, 1.807) is 29.2 Å². The van der Waals surface area contributed by atoms with Crippen LogP contribution in [0.5, 0.6) is 0 Å². The number of nitrogens with zero attached hydrogens (tertiary/aromatic N) is 2. The van der Waals surface area contributed by atoms with Crippen molar-refractivity contribution in [1.82, 2.24) is 9.38 Å². The highest BCUT2D eigenvalue weighted by molar-refractivity contribution is 7.99. The van der Waals surface area contributed by atoms with Crippen molar-refractivity contribution in [3.05, 3.63) is 57.6 Å². The number of hydrogen-bond acceptors (Lipinski definition) is 4. The molecule has 0 spiro atoms. The lowest BCUT2D eigenvalue weighted by Gasteiger charge is -2.16. The Morgan fingerprint density at radius 3 is 3.00 bits per heavy atom. The summed E-state index contributed by atoms with van der Waals surface area (Å²) in [6, 6.07) is 4.40. The second-order valence-electron chi connectivity index (χ2n) is 5.50. The summed E-state index contributed by atoms with van der Waals surface area (Å²) >= 11 is 3.19. The van der Waals surface area contributed by atoms with Gasteiger partial charge in [0.2, 0.25) is 0 Å². The number of aromatic nitrogens is 2. The van der Waals surface area contributed by atoms with Crippen molar-refractivity contribution in [1.29, 1.82) is 0 Å². The minimum absolute atomic E-state index is 0.0976. The van der Waals surface area contributed by atoms with Crippen LogP contribution in [0, 0.1) is 19.7 Å². The van der Waals surface area contributed by atoms with E-state index in [1.165, 1.54) is 17.0 Å². The Kier molecular flexibility index (Phi) is 3.39. The maximum Gasteiger partial charge on any atom is 0.194 e. The number of carbonyl (C=O) groups excluding carboxylic acids is 1. The third-order valence-electron chi connectivity index (χ3n) is 3.83. The fourth-order valence-electron chi connectivity index (χ4n) is 2.73. The first-order valence-corrected chi connectivity index (χ1v) is 8.96. The highest BCUT2D eigenvalue weighted by atomic mass is 32.2. The van der Waals surface area contributed by atoms with Gasteiger partial charge in [-0.3, -0.25) is 9.20 Å². The van der Waals surface area contributed by atoms with E-state index in [-0.39, 0.29) is 11.6 Å². The second-order valence-corrected chi connectivity index (χ2v) is 7.74. The molecule has 116 valence electrons. The van der Waals surface area contributed by atoms with E-state index >= 15 is 0 Å². The summed E-state index contributed by atoms with van der Waals surface area (Å²) < 4.78 is 15.5. The summed E-state index contributed by atoms with van der Waals surface area (Å²) in [5.41, 5.74) is 2.95. The molecule has 0 bridgehead atoms. The Balaban J connectivity index is 1.82. The molecule has 0 saturated carbocycles. The molecule has 4 rings (SSSR count). The van der Waals surface area contributed by atoms with E-state index in [0.717, 1.165) is 21.2 Å². The van der Waals surface area contributed by atoms with Crippen molar-refractivity contribution >= 4 is 39.9 Å². The maximum absolute atomic E-state index is 13.5. The summed E-state index contributed by atoms with van der Waals surface area (Å²) in [7, 11) is 0. The van der Waals surface area contributed by atoms with E-state index in [0.29, 0.717) is 16.9 Å². The van der Waals surface area contributed by atoms with Gasteiger partial charge in [-0.25, -0.2) is 9.37 Å². The van der Waals surface area contributed by atoms with E-state index in [4.69, 9.17) is 0 Å². The monoisotopic (exact) mass is 344 g/mol. The van der Waals surface area contributed by atoms with Crippen molar-refractivity contribution in [3.8, 4) is 0 Å². The van der Waals surface area contributed by atoms with Gasteiger partial charge in [-0.15, -0.1) is 23.1 Å². The number of thioether (sulfide) groups is 1. The van der Waals surface area contributed by atoms with Crippen LogP contribution in [0.3, 0.4) is 0 Å². The van der Waals surface area contributed by atoms with Crippen molar-refractivity contribution < 1.29 is 9.18 Å². The van der Waals surface area contributed by atoms with Crippen molar-refractivity contribution in [2.75, 3.05) is 5.75 Å². The number of hydrogen-bond donors (Lipinski definition) is 0. The standard InChI is InChI=1S/C17H13FN2OS2/c1-9-7-20-14(10(2)19-17(20)23-9)5-11-8-22-15-4-3-12(18)6-13(15)16(11)21/h3-7H,8H2,1-2H3. The molecule has 0 radical (unpaired) electrons. The molecule has 0 unspecified atom stereocenters. The summed E-state index contributed by atoms with van der Waals surface area (Å²) in [4.78, 5) is 20.2. The molecular weight excluding hydrogens is 331 g/mol. The van der Waals surface area contributed by atoms with Gasteiger partial charge in [0, 0.05) is 32.9 Å². The molecule has 0 N–H and O–H groups in total. The van der Waals surface area contributed by atoms with Crippen LogP contribution in [0.15, 0.2) is 34.9 Å². The van der Waals surface area contributed by atoms with E-state index < -0.39 is 0 Å².